The lowest BCUT2D eigenvalue weighted by Gasteiger charge is -2.11. The van der Waals surface area contributed by atoms with E-state index < -0.39 is 11.9 Å². The molecule has 6 heteroatoms. The van der Waals surface area contributed by atoms with Crippen LogP contribution in [0, 0.1) is 0 Å². The molecule has 1 aromatic carbocycles. The molecule has 0 heterocycles. The predicted molar refractivity (Wildman–Crippen MR) is 64.5 cm³/mol. The first-order valence-corrected chi connectivity index (χ1v) is 5.35. The fourth-order valence-electron chi connectivity index (χ4n) is 1.27. The highest BCUT2D eigenvalue weighted by molar-refractivity contribution is 5.91. The molecule has 0 spiro atoms. The van der Waals surface area contributed by atoms with Gasteiger partial charge in [0.15, 0.2) is 6.61 Å². The molecular formula is C12H15NO5. The highest BCUT2D eigenvalue weighted by Gasteiger charge is 2.14. The molecule has 0 fully saturated rings. The summed E-state index contributed by atoms with van der Waals surface area (Å²) in [6.07, 6.45) is -0.249. The molecule has 0 atom stereocenters. The fraction of sp³-hybridized carbons (Fsp3) is 0.333. The van der Waals surface area contributed by atoms with Crippen LogP contribution < -0.4 is 10.5 Å². The molecule has 0 radical (unpaired) electrons. The SMILES string of the molecule is CC(C)OC(=O)COc1cc(N)ccc1C(=O)O. The maximum atomic E-state index is 11.3. The van der Waals surface area contributed by atoms with E-state index in [1.54, 1.807) is 13.8 Å². The molecular weight excluding hydrogens is 238 g/mol. The second-order valence-corrected chi connectivity index (χ2v) is 3.89. The van der Waals surface area contributed by atoms with Gasteiger partial charge in [-0.15, -0.1) is 0 Å². The summed E-state index contributed by atoms with van der Waals surface area (Å²) in [6.45, 7) is 3.06. The van der Waals surface area contributed by atoms with Crippen LogP contribution in [0.5, 0.6) is 5.75 Å². The van der Waals surface area contributed by atoms with Crippen molar-refractivity contribution < 1.29 is 24.2 Å². The summed E-state index contributed by atoms with van der Waals surface area (Å²) in [6, 6.07) is 4.12. The van der Waals surface area contributed by atoms with Gasteiger partial charge in [-0.05, 0) is 26.0 Å². The molecule has 98 valence electrons. The summed E-state index contributed by atoms with van der Waals surface area (Å²) in [7, 11) is 0. The van der Waals surface area contributed by atoms with Crippen LogP contribution in [0.2, 0.25) is 0 Å². The minimum absolute atomic E-state index is 0.0446. The van der Waals surface area contributed by atoms with E-state index in [9.17, 15) is 9.59 Å². The van der Waals surface area contributed by atoms with Gasteiger partial charge in [-0.3, -0.25) is 0 Å². The number of hydrogen-bond donors (Lipinski definition) is 2. The Morgan fingerprint density at radius 3 is 2.61 bits per heavy atom. The number of anilines is 1. The van der Waals surface area contributed by atoms with E-state index >= 15 is 0 Å². The number of aromatic carboxylic acids is 1. The lowest BCUT2D eigenvalue weighted by molar-refractivity contribution is -0.149. The maximum absolute atomic E-state index is 11.3. The van der Waals surface area contributed by atoms with Crippen molar-refractivity contribution >= 4 is 17.6 Å². The van der Waals surface area contributed by atoms with Crippen molar-refractivity contribution in [2.24, 2.45) is 0 Å². The van der Waals surface area contributed by atoms with E-state index in [1.165, 1.54) is 18.2 Å². The summed E-state index contributed by atoms with van der Waals surface area (Å²) < 4.78 is 9.97. The zero-order valence-corrected chi connectivity index (χ0v) is 10.2. The second kappa shape index (κ2) is 5.90. The van der Waals surface area contributed by atoms with Crippen molar-refractivity contribution in [1.29, 1.82) is 0 Å². The van der Waals surface area contributed by atoms with Crippen LogP contribution in [0.4, 0.5) is 5.69 Å². The molecule has 0 unspecified atom stereocenters. The van der Waals surface area contributed by atoms with Gasteiger partial charge in [0.05, 0.1) is 6.10 Å². The van der Waals surface area contributed by atoms with Crippen molar-refractivity contribution in [3.8, 4) is 5.75 Å². The molecule has 18 heavy (non-hydrogen) atoms. The predicted octanol–water partition coefficient (Wildman–Crippen LogP) is 1.30. The molecule has 1 rings (SSSR count). The summed E-state index contributed by atoms with van der Waals surface area (Å²) >= 11 is 0. The van der Waals surface area contributed by atoms with Gasteiger partial charge in [-0.1, -0.05) is 0 Å². The van der Waals surface area contributed by atoms with Gasteiger partial charge in [0.25, 0.3) is 0 Å². The number of nitrogens with two attached hydrogens (primary N) is 1. The molecule has 0 aromatic heterocycles. The molecule has 0 saturated heterocycles. The Bertz CT molecular complexity index is 456. The van der Waals surface area contributed by atoms with Crippen LogP contribution in [0.3, 0.4) is 0 Å². The molecule has 0 bridgehead atoms. The lowest BCUT2D eigenvalue weighted by atomic mass is 10.2. The first-order valence-electron chi connectivity index (χ1n) is 5.35. The number of hydrogen-bond acceptors (Lipinski definition) is 5. The number of nitrogen functional groups attached to an aromatic ring is 1. The van der Waals surface area contributed by atoms with Crippen LogP contribution in [-0.2, 0) is 9.53 Å². The van der Waals surface area contributed by atoms with Crippen LogP contribution in [0.25, 0.3) is 0 Å². The molecule has 0 saturated carbocycles. The Morgan fingerprint density at radius 2 is 2.06 bits per heavy atom. The van der Waals surface area contributed by atoms with Crippen molar-refractivity contribution in [2.75, 3.05) is 12.3 Å². The van der Waals surface area contributed by atoms with Crippen LogP contribution in [0.1, 0.15) is 24.2 Å². The Kier molecular flexibility index (Phi) is 4.53. The third-order valence-corrected chi connectivity index (χ3v) is 1.95. The van der Waals surface area contributed by atoms with Gasteiger partial charge in [0.2, 0.25) is 0 Å². The summed E-state index contributed by atoms with van der Waals surface area (Å²) in [5, 5.41) is 8.93. The quantitative estimate of drug-likeness (QED) is 0.606. The van der Waals surface area contributed by atoms with Crippen molar-refractivity contribution in [3.63, 3.8) is 0 Å². The number of benzene rings is 1. The van der Waals surface area contributed by atoms with Crippen LogP contribution in [0.15, 0.2) is 18.2 Å². The van der Waals surface area contributed by atoms with E-state index in [4.69, 9.17) is 20.3 Å². The van der Waals surface area contributed by atoms with Crippen molar-refractivity contribution in [1.82, 2.24) is 0 Å². The number of carbonyl (C=O) groups excluding carboxylic acids is 1. The van der Waals surface area contributed by atoms with E-state index in [1.807, 2.05) is 0 Å². The molecule has 3 N–H and O–H groups in total. The van der Waals surface area contributed by atoms with Crippen LogP contribution in [-0.4, -0.2) is 29.8 Å². The molecule has 0 aliphatic rings. The van der Waals surface area contributed by atoms with Gasteiger partial charge < -0.3 is 20.3 Å². The number of rotatable bonds is 5. The van der Waals surface area contributed by atoms with Crippen molar-refractivity contribution in [3.05, 3.63) is 23.8 Å². The van der Waals surface area contributed by atoms with Crippen molar-refractivity contribution in [2.45, 2.75) is 20.0 Å². The van der Waals surface area contributed by atoms with Gasteiger partial charge in [0.1, 0.15) is 11.3 Å². The Hall–Kier alpha value is -2.24. The zero-order valence-electron chi connectivity index (χ0n) is 10.2. The standard InChI is InChI=1S/C12H15NO5/c1-7(2)18-11(14)6-17-10-5-8(13)3-4-9(10)12(15)16/h3-5,7H,6,13H2,1-2H3,(H,15,16). The number of carboxylic acid groups (broad SMARTS) is 1. The summed E-state index contributed by atoms with van der Waals surface area (Å²) in [5.74, 6) is -1.67. The average molecular weight is 253 g/mol. The van der Waals surface area contributed by atoms with E-state index in [0.29, 0.717) is 5.69 Å². The smallest absolute Gasteiger partial charge is 0.344 e. The topological polar surface area (TPSA) is 98.9 Å². The molecule has 0 aliphatic carbocycles. The second-order valence-electron chi connectivity index (χ2n) is 3.89. The monoisotopic (exact) mass is 253 g/mol. The van der Waals surface area contributed by atoms with Crippen LogP contribution >= 0.6 is 0 Å². The lowest BCUT2D eigenvalue weighted by Crippen LogP contribution is -2.19. The first kappa shape index (κ1) is 13.8. The maximum Gasteiger partial charge on any atom is 0.344 e. The molecule has 0 amide bonds. The van der Waals surface area contributed by atoms with Gasteiger partial charge >= 0.3 is 11.9 Å². The fourth-order valence-corrected chi connectivity index (χ4v) is 1.27. The largest absolute Gasteiger partial charge is 0.481 e. The zero-order chi connectivity index (χ0) is 13.7. The highest BCUT2D eigenvalue weighted by atomic mass is 16.6. The molecule has 6 nitrogen and oxygen atoms in total. The Morgan fingerprint density at radius 1 is 1.39 bits per heavy atom. The Balaban J connectivity index is 2.74. The number of esters is 1. The number of ether oxygens (including phenoxy) is 2. The van der Waals surface area contributed by atoms with Gasteiger partial charge in [0, 0.05) is 11.8 Å². The Labute approximate surface area is 104 Å². The minimum atomic E-state index is -1.15. The van der Waals surface area contributed by atoms with Gasteiger partial charge in [-0.2, -0.15) is 0 Å². The molecule has 0 aliphatic heterocycles. The molecule has 1 aromatic rings. The number of carboxylic acids is 1. The summed E-state index contributed by atoms with van der Waals surface area (Å²) in [5.41, 5.74) is 5.83. The number of carbonyl (C=O) groups is 2. The van der Waals surface area contributed by atoms with E-state index in [0.717, 1.165) is 0 Å². The van der Waals surface area contributed by atoms with E-state index in [-0.39, 0.29) is 24.0 Å². The minimum Gasteiger partial charge on any atom is -0.481 e. The third kappa shape index (κ3) is 3.97. The average Bonchev–Trinajstić information content (AvgIpc) is 2.25. The van der Waals surface area contributed by atoms with E-state index in [2.05, 4.69) is 0 Å². The van der Waals surface area contributed by atoms with Gasteiger partial charge in [-0.25, -0.2) is 9.59 Å². The summed E-state index contributed by atoms with van der Waals surface area (Å²) in [4.78, 5) is 22.2. The first-order chi connectivity index (χ1) is 8.40. The normalized spacial score (nSPS) is 10.2. The highest BCUT2D eigenvalue weighted by Crippen LogP contribution is 2.21. The third-order valence-electron chi connectivity index (χ3n) is 1.95.